The first-order valence-electron chi connectivity index (χ1n) is 9.57. The number of carboxylic acid groups (broad SMARTS) is 1. The molecule has 2 aliphatic carbocycles. The smallest absolute Gasteiger partial charge is 0.336 e. The molecule has 144 valence electrons. The van der Waals surface area contributed by atoms with Crippen molar-refractivity contribution >= 4 is 11.9 Å². The number of esters is 1. The number of cyclic esters (lactones) is 1. The van der Waals surface area contributed by atoms with Gasteiger partial charge in [0.15, 0.2) is 0 Å². The van der Waals surface area contributed by atoms with Gasteiger partial charge in [0.25, 0.3) is 0 Å². The Bertz CT molecular complexity index is 663. The maximum absolute atomic E-state index is 12.0. The van der Waals surface area contributed by atoms with Crippen molar-refractivity contribution in [3.05, 3.63) is 23.3 Å². The molecule has 1 saturated carbocycles. The summed E-state index contributed by atoms with van der Waals surface area (Å²) >= 11 is 0. The molecule has 1 N–H and O–H groups in total. The molecule has 5 atom stereocenters. The third kappa shape index (κ3) is 3.00. The summed E-state index contributed by atoms with van der Waals surface area (Å²) in [5.41, 5.74) is 1.71. The number of methoxy groups -OCH3 is 1. The van der Waals surface area contributed by atoms with E-state index in [9.17, 15) is 14.7 Å². The van der Waals surface area contributed by atoms with Gasteiger partial charge in [0.05, 0.1) is 5.92 Å². The van der Waals surface area contributed by atoms with Crippen molar-refractivity contribution in [2.75, 3.05) is 7.11 Å². The van der Waals surface area contributed by atoms with E-state index < -0.39 is 12.3 Å². The largest absolute Gasteiger partial charge is 0.481 e. The topological polar surface area (TPSA) is 72.8 Å². The Morgan fingerprint density at radius 1 is 1.38 bits per heavy atom. The van der Waals surface area contributed by atoms with Crippen LogP contribution in [0.5, 0.6) is 0 Å². The number of carbonyl (C=O) groups excluding carboxylic acids is 1. The molecule has 3 aliphatic rings. The van der Waals surface area contributed by atoms with Gasteiger partial charge in [-0.2, -0.15) is 0 Å². The molecule has 0 radical (unpaired) electrons. The minimum Gasteiger partial charge on any atom is -0.481 e. The number of hydrogen-bond donors (Lipinski definition) is 1. The number of ether oxygens (including phenoxy) is 2. The molecule has 26 heavy (non-hydrogen) atoms. The summed E-state index contributed by atoms with van der Waals surface area (Å²) in [5.74, 6) is -1.11. The first kappa shape index (κ1) is 19.2. The summed E-state index contributed by atoms with van der Waals surface area (Å²) in [6.45, 7) is 6.61. The molecule has 5 heteroatoms. The highest BCUT2D eigenvalue weighted by atomic mass is 16.7. The Balaban J connectivity index is 1.88. The molecular weight excluding hydrogens is 332 g/mol. The van der Waals surface area contributed by atoms with Crippen LogP contribution in [0.1, 0.15) is 59.3 Å². The fraction of sp³-hybridized carbons (Fsp3) is 0.714. The predicted molar refractivity (Wildman–Crippen MR) is 97.3 cm³/mol. The van der Waals surface area contributed by atoms with Crippen LogP contribution in [0.3, 0.4) is 0 Å². The van der Waals surface area contributed by atoms with E-state index in [1.165, 1.54) is 12.7 Å². The standard InChI is InChI=1S/C21H30O5/c1-13-6-5-7-16-20(13,2)11-9-15(18(22)23)21(16,3)10-8-14-12-17(25-4)26-19(14)24/h6,12,15-17H,5,7-11H2,1-4H3,(H,22,23)/t15-,16-,17-,20-,21-/m0/s1. The first-order valence-corrected chi connectivity index (χ1v) is 9.57. The second-order valence-corrected chi connectivity index (χ2v) is 8.57. The van der Waals surface area contributed by atoms with Crippen LogP contribution < -0.4 is 0 Å². The lowest BCUT2D eigenvalue weighted by Gasteiger charge is -2.57. The van der Waals surface area contributed by atoms with Gasteiger partial charge in [-0.1, -0.05) is 25.5 Å². The molecule has 1 aliphatic heterocycles. The summed E-state index contributed by atoms with van der Waals surface area (Å²) in [5, 5.41) is 9.90. The minimum absolute atomic E-state index is 0.0541. The number of carbonyl (C=O) groups is 2. The van der Waals surface area contributed by atoms with Crippen molar-refractivity contribution in [1.82, 2.24) is 0 Å². The van der Waals surface area contributed by atoms with Gasteiger partial charge in [0, 0.05) is 12.7 Å². The molecule has 0 aromatic rings. The van der Waals surface area contributed by atoms with E-state index >= 15 is 0 Å². The fourth-order valence-electron chi connectivity index (χ4n) is 5.65. The van der Waals surface area contributed by atoms with Crippen LogP contribution in [0.2, 0.25) is 0 Å². The molecule has 0 aromatic heterocycles. The van der Waals surface area contributed by atoms with Crippen LogP contribution in [0.4, 0.5) is 0 Å². The average molecular weight is 362 g/mol. The van der Waals surface area contributed by atoms with Gasteiger partial charge >= 0.3 is 11.9 Å². The lowest BCUT2D eigenvalue weighted by Crippen LogP contribution is -2.52. The van der Waals surface area contributed by atoms with Crippen LogP contribution in [-0.4, -0.2) is 30.4 Å². The SMILES string of the molecule is CO[C@@H]1C=C(CC[C@]2(C)[C@H]3CCC=C(C)[C@]3(C)CC[C@H]2C(=O)O)C(=O)O1. The van der Waals surface area contributed by atoms with Gasteiger partial charge in [-0.05, 0) is 68.3 Å². The normalized spacial score (nSPS) is 39.7. The van der Waals surface area contributed by atoms with Crippen LogP contribution >= 0.6 is 0 Å². The number of aliphatic carboxylic acids is 1. The van der Waals surface area contributed by atoms with Crippen LogP contribution in [-0.2, 0) is 19.1 Å². The lowest BCUT2D eigenvalue weighted by atomic mass is 9.46. The van der Waals surface area contributed by atoms with Crippen LogP contribution in [0, 0.1) is 22.7 Å². The summed E-state index contributed by atoms with van der Waals surface area (Å²) < 4.78 is 10.2. The van der Waals surface area contributed by atoms with E-state index in [1.54, 1.807) is 6.08 Å². The zero-order valence-electron chi connectivity index (χ0n) is 16.2. The zero-order chi connectivity index (χ0) is 19.1. The maximum atomic E-state index is 12.0. The predicted octanol–water partition coefficient (Wildman–Crippen LogP) is 4.09. The first-order chi connectivity index (χ1) is 12.2. The van der Waals surface area contributed by atoms with E-state index in [4.69, 9.17) is 9.47 Å². The van der Waals surface area contributed by atoms with Crippen molar-refractivity contribution in [3.8, 4) is 0 Å². The molecule has 1 fully saturated rings. The molecule has 0 spiro atoms. The average Bonchev–Trinajstić information content (AvgIpc) is 2.95. The molecule has 0 unspecified atom stereocenters. The third-order valence-electron chi connectivity index (χ3n) is 7.41. The molecular formula is C21H30O5. The zero-order valence-corrected chi connectivity index (χ0v) is 16.2. The third-order valence-corrected chi connectivity index (χ3v) is 7.41. The van der Waals surface area contributed by atoms with Crippen molar-refractivity contribution in [1.29, 1.82) is 0 Å². The van der Waals surface area contributed by atoms with Crippen molar-refractivity contribution in [3.63, 3.8) is 0 Å². The Kier molecular flexibility index (Phi) is 5.04. The van der Waals surface area contributed by atoms with Gasteiger partial charge in [-0.25, -0.2) is 4.79 Å². The van der Waals surface area contributed by atoms with Gasteiger partial charge in [0.2, 0.25) is 6.29 Å². The second-order valence-electron chi connectivity index (χ2n) is 8.57. The highest BCUT2D eigenvalue weighted by Crippen LogP contribution is 2.62. The molecule has 0 bridgehead atoms. The summed E-state index contributed by atoms with van der Waals surface area (Å²) in [4.78, 5) is 24.1. The Morgan fingerprint density at radius 2 is 2.12 bits per heavy atom. The summed E-state index contributed by atoms with van der Waals surface area (Å²) in [6.07, 6.45) is 8.26. The highest BCUT2D eigenvalue weighted by Gasteiger charge is 2.56. The van der Waals surface area contributed by atoms with Crippen molar-refractivity contribution in [2.45, 2.75) is 65.6 Å². The summed E-state index contributed by atoms with van der Waals surface area (Å²) in [6, 6.07) is 0. The number of carboxylic acids is 1. The second kappa shape index (κ2) is 6.84. The minimum atomic E-state index is -0.709. The van der Waals surface area contributed by atoms with E-state index in [-0.39, 0.29) is 22.7 Å². The van der Waals surface area contributed by atoms with Crippen molar-refractivity contribution < 1.29 is 24.2 Å². The fourth-order valence-corrected chi connectivity index (χ4v) is 5.65. The van der Waals surface area contributed by atoms with Gasteiger partial charge in [-0.15, -0.1) is 0 Å². The van der Waals surface area contributed by atoms with E-state index in [1.807, 2.05) is 0 Å². The number of allylic oxidation sites excluding steroid dienone is 2. The lowest BCUT2D eigenvalue weighted by molar-refractivity contribution is -0.156. The number of rotatable bonds is 5. The van der Waals surface area contributed by atoms with Crippen LogP contribution in [0.15, 0.2) is 23.3 Å². The highest BCUT2D eigenvalue weighted by molar-refractivity contribution is 5.90. The molecule has 0 amide bonds. The Hall–Kier alpha value is -1.62. The summed E-state index contributed by atoms with van der Waals surface area (Å²) in [7, 11) is 1.50. The molecule has 0 saturated heterocycles. The van der Waals surface area contributed by atoms with Gasteiger partial charge in [0.1, 0.15) is 0 Å². The molecule has 3 rings (SSSR count). The Labute approximate surface area is 155 Å². The van der Waals surface area contributed by atoms with E-state index in [0.29, 0.717) is 30.8 Å². The van der Waals surface area contributed by atoms with Crippen LogP contribution in [0.25, 0.3) is 0 Å². The number of hydrogen-bond acceptors (Lipinski definition) is 4. The molecule has 5 nitrogen and oxygen atoms in total. The monoisotopic (exact) mass is 362 g/mol. The van der Waals surface area contributed by atoms with E-state index in [0.717, 1.165) is 19.3 Å². The van der Waals surface area contributed by atoms with Crippen molar-refractivity contribution in [2.24, 2.45) is 22.7 Å². The Morgan fingerprint density at radius 3 is 2.73 bits per heavy atom. The molecule has 1 heterocycles. The molecule has 0 aromatic carbocycles. The van der Waals surface area contributed by atoms with Gasteiger partial charge in [-0.3, -0.25) is 4.79 Å². The number of fused-ring (bicyclic) bond motifs is 1. The van der Waals surface area contributed by atoms with E-state index in [2.05, 4.69) is 26.8 Å². The van der Waals surface area contributed by atoms with Gasteiger partial charge < -0.3 is 14.6 Å². The maximum Gasteiger partial charge on any atom is 0.336 e. The quantitative estimate of drug-likeness (QED) is 0.589.